The summed E-state index contributed by atoms with van der Waals surface area (Å²) in [5.74, 6) is 0.498. The molecule has 0 aliphatic heterocycles. The molecule has 0 amide bonds. The van der Waals surface area contributed by atoms with Gasteiger partial charge in [-0.3, -0.25) is 0 Å². The first-order valence-electron chi connectivity index (χ1n) is 5.55. The second kappa shape index (κ2) is 5.55. The normalized spacial score (nSPS) is 10.4. The molecule has 0 unspecified atom stereocenters. The first kappa shape index (κ1) is 12.4. The minimum Gasteiger partial charge on any atom is -0.494 e. The van der Waals surface area contributed by atoms with Crippen LogP contribution in [-0.2, 0) is 6.54 Å². The number of hydrogen-bond acceptors (Lipinski definition) is 4. The van der Waals surface area contributed by atoms with Crippen molar-refractivity contribution in [3.8, 4) is 17.0 Å². The van der Waals surface area contributed by atoms with Crippen molar-refractivity contribution in [2.75, 3.05) is 14.2 Å². The zero-order valence-corrected chi connectivity index (χ0v) is 10.3. The van der Waals surface area contributed by atoms with E-state index in [2.05, 4.69) is 15.3 Å². The fraction of sp³-hybridized carbons (Fsp3) is 0.231. The molecule has 0 aliphatic carbocycles. The fourth-order valence-corrected chi connectivity index (χ4v) is 1.63. The van der Waals surface area contributed by atoms with Crippen LogP contribution in [0.4, 0.5) is 4.39 Å². The number of aromatic nitrogens is 2. The lowest BCUT2D eigenvalue weighted by atomic mass is 10.1. The molecule has 1 aromatic carbocycles. The highest BCUT2D eigenvalue weighted by atomic mass is 19.1. The van der Waals surface area contributed by atoms with E-state index in [1.54, 1.807) is 24.4 Å². The lowest BCUT2D eigenvalue weighted by Crippen LogP contribution is -2.09. The summed E-state index contributed by atoms with van der Waals surface area (Å²) in [6.45, 7) is 0.576. The minimum absolute atomic E-state index is 0.225. The Hall–Kier alpha value is -2.01. The van der Waals surface area contributed by atoms with Crippen LogP contribution in [0, 0.1) is 5.82 Å². The van der Waals surface area contributed by atoms with Gasteiger partial charge in [-0.15, -0.1) is 0 Å². The van der Waals surface area contributed by atoms with Gasteiger partial charge in [0.05, 0.1) is 19.3 Å². The van der Waals surface area contributed by atoms with Crippen LogP contribution in [0.2, 0.25) is 0 Å². The van der Waals surface area contributed by atoms with Gasteiger partial charge in [-0.2, -0.15) is 0 Å². The lowest BCUT2D eigenvalue weighted by molar-refractivity contribution is 0.386. The van der Waals surface area contributed by atoms with Gasteiger partial charge in [0, 0.05) is 11.8 Å². The predicted molar refractivity (Wildman–Crippen MR) is 66.7 cm³/mol. The van der Waals surface area contributed by atoms with Gasteiger partial charge in [0.15, 0.2) is 11.6 Å². The van der Waals surface area contributed by atoms with Crippen molar-refractivity contribution in [3.05, 3.63) is 42.1 Å². The van der Waals surface area contributed by atoms with Gasteiger partial charge < -0.3 is 10.1 Å². The largest absolute Gasteiger partial charge is 0.494 e. The average molecular weight is 247 g/mol. The van der Waals surface area contributed by atoms with E-state index in [-0.39, 0.29) is 5.75 Å². The van der Waals surface area contributed by atoms with Crippen molar-refractivity contribution in [2.24, 2.45) is 0 Å². The van der Waals surface area contributed by atoms with Crippen molar-refractivity contribution in [1.29, 1.82) is 0 Å². The second-order valence-electron chi connectivity index (χ2n) is 3.74. The van der Waals surface area contributed by atoms with Crippen molar-refractivity contribution in [3.63, 3.8) is 0 Å². The summed E-state index contributed by atoms with van der Waals surface area (Å²) in [4.78, 5) is 8.47. The highest BCUT2D eigenvalue weighted by Gasteiger charge is 2.07. The molecular weight excluding hydrogens is 233 g/mol. The molecule has 94 valence electrons. The van der Waals surface area contributed by atoms with E-state index >= 15 is 0 Å². The lowest BCUT2D eigenvalue weighted by Gasteiger charge is -2.06. The molecule has 1 N–H and O–H groups in total. The van der Waals surface area contributed by atoms with Crippen LogP contribution < -0.4 is 10.1 Å². The quantitative estimate of drug-likeness (QED) is 0.897. The summed E-state index contributed by atoms with van der Waals surface area (Å²) in [6.07, 6.45) is 1.66. The molecule has 0 saturated carbocycles. The van der Waals surface area contributed by atoms with Crippen molar-refractivity contribution < 1.29 is 9.13 Å². The van der Waals surface area contributed by atoms with E-state index in [4.69, 9.17) is 4.74 Å². The van der Waals surface area contributed by atoms with Gasteiger partial charge in [0.2, 0.25) is 0 Å². The maximum absolute atomic E-state index is 13.6. The summed E-state index contributed by atoms with van der Waals surface area (Å²) in [6, 6.07) is 6.52. The smallest absolute Gasteiger partial charge is 0.165 e. The molecule has 18 heavy (non-hydrogen) atoms. The molecule has 0 fully saturated rings. The number of nitrogens with zero attached hydrogens (tertiary/aromatic N) is 2. The Morgan fingerprint density at radius 3 is 2.83 bits per heavy atom. The Labute approximate surface area is 105 Å². The van der Waals surface area contributed by atoms with Crippen LogP contribution in [0.15, 0.2) is 30.5 Å². The summed E-state index contributed by atoms with van der Waals surface area (Å²) in [7, 11) is 3.26. The summed E-state index contributed by atoms with van der Waals surface area (Å²) in [5, 5.41) is 2.97. The molecule has 0 aliphatic rings. The maximum atomic E-state index is 13.6. The average Bonchev–Trinajstić information content (AvgIpc) is 2.39. The monoisotopic (exact) mass is 247 g/mol. The van der Waals surface area contributed by atoms with E-state index in [0.717, 1.165) is 0 Å². The van der Waals surface area contributed by atoms with Gasteiger partial charge in [-0.05, 0) is 31.3 Å². The standard InChI is InChI=1S/C13H14FN3O/c1-15-8-13-16-6-5-11(17-13)9-3-4-12(18-2)10(14)7-9/h3-7,15H,8H2,1-2H3. The molecule has 1 heterocycles. The molecular formula is C13H14FN3O. The Morgan fingerprint density at radius 2 is 2.17 bits per heavy atom. The van der Waals surface area contributed by atoms with Crippen LogP contribution in [0.3, 0.4) is 0 Å². The third-order valence-corrected chi connectivity index (χ3v) is 2.49. The van der Waals surface area contributed by atoms with Gasteiger partial charge >= 0.3 is 0 Å². The topological polar surface area (TPSA) is 47.0 Å². The number of methoxy groups -OCH3 is 1. The molecule has 4 nitrogen and oxygen atoms in total. The Balaban J connectivity index is 2.36. The Bertz CT molecular complexity index is 546. The molecule has 2 rings (SSSR count). The van der Waals surface area contributed by atoms with Crippen LogP contribution in [0.25, 0.3) is 11.3 Å². The minimum atomic E-state index is -0.399. The summed E-state index contributed by atoms with van der Waals surface area (Å²) >= 11 is 0. The van der Waals surface area contributed by atoms with E-state index in [9.17, 15) is 4.39 Å². The first-order valence-corrected chi connectivity index (χ1v) is 5.55. The zero-order chi connectivity index (χ0) is 13.0. The van der Waals surface area contributed by atoms with Gasteiger partial charge in [-0.1, -0.05) is 0 Å². The van der Waals surface area contributed by atoms with E-state index in [1.807, 2.05) is 7.05 Å². The van der Waals surface area contributed by atoms with Crippen LogP contribution in [0.5, 0.6) is 5.75 Å². The van der Waals surface area contributed by atoms with Crippen LogP contribution in [0.1, 0.15) is 5.82 Å². The molecule has 0 spiro atoms. The van der Waals surface area contributed by atoms with Crippen molar-refractivity contribution in [2.45, 2.75) is 6.54 Å². The molecule has 1 aromatic heterocycles. The molecule has 5 heteroatoms. The van der Waals surface area contributed by atoms with Crippen molar-refractivity contribution in [1.82, 2.24) is 15.3 Å². The van der Waals surface area contributed by atoms with Gasteiger partial charge in [-0.25, -0.2) is 14.4 Å². The Morgan fingerprint density at radius 1 is 1.33 bits per heavy atom. The number of ether oxygens (including phenoxy) is 1. The number of benzene rings is 1. The third-order valence-electron chi connectivity index (χ3n) is 2.49. The zero-order valence-electron chi connectivity index (χ0n) is 10.3. The van der Waals surface area contributed by atoms with Crippen LogP contribution in [-0.4, -0.2) is 24.1 Å². The van der Waals surface area contributed by atoms with Gasteiger partial charge in [0.1, 0.15) is 5.82 Å². The van der Waals surface area contributed by atoms with E-state index in [0.29, 0.717) is 23.6 Å². The third kappa shape index (κ3) is 2.62. The molecule has 0 bridgehead atoms. The second-order valence-corrected chi connectivity index (χ2v) is 3.74. The maximum Gasteiger partial charge on any atom is 0.165 e. The first-order chi connectivity index (χ1) is 8.74. The SMILES string of the molecule is CNCc1nccc(-c2ccc(OC)c(F)c2)n1. The predicted octanol–water partition coefficient (Wildman–Crippen LogP) is 2.01. The van der Waals surface area contributed by atoms with E-state index in [1.165, 1.54) is 13.2 Å². The molecule has 2 aromatic rings. The van der Waals surface area contributed by atoms with Gasteiger partial charge in [0.25, 0.3) is 0 Å². The molecule has 0 radical (unpaired) electrons. The number of halogens is 1. The van der Waals surface area contributed by atoms with Crippen molar-refractivity contribution >= 4 is 0 Å². The number of rotatable bonds is 4. The van der Waals surface area contributed by atoms with Crippen LogP contribution >= 0.6 is 0 Å². The highest BCUT2D eigenvalue weighted by molar-refractivity contribution is 5.60. The molecule has 0 atom stereocenters. The number of nitrogens with one attached hydrogen (secondary N) is 1. The Kier molecular flexibility index (Phi) is 3.84. The number of hydrogen-bond donors (Lipinski definition) is 1. The van der Waals surface area contributed by atoms with E-state index < -0.39 is 5.82 Å². The fourth-order valence-electron chi connectivity index (χ4n) is 1.63. The highest BCUT2D eigenvalue weighted by Crippen LogP contribution is 2.23. The summed E-state index contributed by atoms with van der Waals surface area (Å²) < 4.78 is 18.5. The molecule has 0 saturated heterocycles. The summed E-state index contributed by atoms with van der Waals surface area (Å²) in [5.41, 5.74) is 1.39.